The smallest absolute Gasteiger partial charge is 0.323 e. The molecule has 0 fully saturated rings. The first kappa shape index (κ1) is 21.0. The minimum Gasteiger partial charge on any atom is -0.481 e. The predicted octanol–water partition coefficient (Wildman–Crippen LogP) is -0.215. The molecule has 0 aromatic rings. The molecule has 0 rings (SSSR count). The van der Waals surface area contributed by atoms with Gasteiger partial charge in [-0.15, -0.1) is 0 Å². The zero-order valence-corrected chi connectivity index (χ0v) is 15.3. The van der Waals surface area contributed by atoms with Crippen LogP contribution in [-0.2, 0) is 28.2 Å². The maximum atomic E-state index is 11.9. The summed E-state index contributed by atoms with van der Waals surface area (Å²) in [4.78, 5) is 22.8. The summed E-state index contributed by atoms with van der Waals surface area (Å²) in [5.41, 5.74) is 0. The summed E-state index contributed by atoms with van der Waals surface area (Å²) in [5.74, 6) is -2.75. The van der Waals surface area contributed by atoms with E-state index in [9.17, 15) is 9.59 Å². The SMILES string of the molecule is CCC(C)OC(=O)C(CC(=O)O)NC[SiH2]OC(C)(OC)OC. The molecule has 130 valence electrons. The van der Waals surface area contributed by atoms with Gasteiger partial charge >= 0.3 is 11.9 Å². The highest BCUT2D eigenvalue weighted by atomic mass is 28.2. The molecule has 0 heterocycles. The summed E-state index contributed by atoms with van der Waals surface area (Å²) >= 11 is 0. The van der Waals surface area contributed by atoms with Crippen LogP contribution < -0.4 is 5.32 Å². The van der Waals surface area contributed by atoms with Crippen LogP contribution in [0.1, 0.15) is 33.6 Å². The van der Waals surface area contributed by atoms with Crippen LogP contribution in [0, 0.1) is 0 Å². The van der Waals surface area contributed by atoms with Crippen molar-refractivity contribution in [3.05, 3.63) is 0 Å². The summed E-state index contributed by atoms with van der Waals surface area (Å²) in [6.07, 6.45) is 0.471. The zero-order chi connectivity index (χ0) is 17.2. The van der Waals surface area contributed by atoms with Gasteiger partial charge in [0.1, 0.15) is 6.04 Å². The highest BCUT2D eigenvalue weighted by Gasteiger charge is 2.26. The third-order valence-corrected chi connectivity index (χ3v) is 4.38. The number of hydrogen-bond acceptors (Lipinski definition) is 7. The van der Waals surface area contributed by atoms with Gasteiger partial charge in [0.05, 0.1) is 12.5 Å². The Hall–Kier alpha value is -1.00. The lowest BCUT2D eigenvalue weighted by Crippen LogP contribution is -2.44. The van der Waals surface area contributed by atoms with Crippen molar-refractivity contribution < 1.29 is 33.3 Å². The van der Waals surface area contributed by atoms with E-state index >= 15 is 0 Å². The first-order chi connectivity index (χ1) is 10.3. The van der Waals surface area contributed by atoms with E-state index in [-0.39, 0.29) is 12.5 Å². The molecule has 2 N–H and O–H groups in total. The van der Waals surface area contributed by atoms with Crippen molar-refractivity contribution in [1.82, 2.24) is 5.32 Å². The molecule has 0 saturated carbocycles. The van der Waals surface area contributed by atoms with E-state index in [1.807, 2.05) is 6.92 Å². The number of carboxylic acid groups (broad SMARTS) is 1. The van der Waals surface area contributed by atoms with Crippen LogP contribution in [0.15, 0.2) is 0 Å². The monoisotopic (exact) mass is 337 g/mol. The van der Waals surface area contributed by atoms with Gasteiger partial charge in [-0.25, -0.2) is 0 Å². The van der Waals surface area contributed by atoms with Crippen LogP contribution in [0.5, 0.6) is 0 Å². The van der Waals surface area contributed by atoms with Crippen LogP contribution >= 0.6 is 0 Å². The molecule has 0 saturated heterocycles. The van der Waals surface area contributed by atoms with Gasteiger partial charge in [-0.2, -0.15) is 0 Å². The maximum absolute atomic E-state index is 11.9. The quantitative estimate of drug-likeness (QED) is 0.218. The normalized spacial score (nSPS) is 15.0. The van der Waals surface area contributed by atoms with Gasteiger partial charge in [0, 0.05) is 27.3 Å². The third-order valence-electron chi connectivity index (χ3n) is 3.15. The molecule has 0 amide bonds. The number of rotatable bonds is 12. The topological polar surface area (TPSA) is 103 Å². The standard InChI is InChI=1S/C13H27NO7Si/c1-6-9(2)20-12(17)10(7-11(15)16)14-8-22-21-13(3,18-4)19-5/h9-10,14H,6-8,22H2,1-5H3,(H,15,16). The van der Waals surface area contributed by atoms with Crippen LogP contribution in [0.25, 0.3) is 0 Å². The summed E-state index contributed by atoms with van der Waals surface area (Å²) in [5, 5.41) is 11.7. The number of methoxy groups -OCH3 is 2. The van der Waals surface area contributed by atoms with Gasteiger partial charge < -0.3 is 29.1 Å². The lowest BCUT2D eigenvalue weighted by molar-refractivity contribution is -0.310. The average Bonchev–Trinajstić information content (AvgIpc) is 2.49. The Labute approximate surface area is 133 Å². The molecular formula is C13H27NO7Si. The number of carbonyl (C=O) groups excluding carboxylic acids is 1. The van der Waals surface area contributed by atoms with E-state index in [4.69, 9.17) is 23.7 Å². The van der Waals surface area contributed by atoms with Gasteiger partial charge in [-0.1, -0.05) is 6.92 Å². The third kappa shape index (κ3) is 8.44. The fourth-order valence-corrected chi connectivity index (χ4v) is 2.62. The number of ether oxygens (including phenoxy) is 3. The number of carboxylic acids is 1. The van der Waals surface area contributed by atoms with Gasteiger partial charge in [0.2, 0.25) is 0 Å². The second-order valence-electron chi connectivity index (χ2n) is 4.88. The van der Waals surface area contributed by atoms with Crippen LogP contribution in [0.3, 0.4) is 0 Å². The van der Waals surface area contributed by atoms with Crippen molar-refractivity contribution in [2.75, 3.05) is 20.4 Å². The Morgan fingerprint density at radius 2 is 1.91 bits per heavy atom. The molecule has 0 aromatic carbocycles. The minimum absolute atomic E-state index is 0.246. The van der Waals surface area contributed by atoms with E-state index in [1.54, 1.807) is 13.8 Å². The largest absolute Gasteiger partial charge is 0.481 e. The molecule has 8 nitrogen and oxygen atoms in total. The highest BCUT2D eigenvalue weighted by molar-refractivity contribution is 6.27. The van der Waals surface area contributed by atoms with Crippen LogP contribution in [0.2, 0.25) is 0 Å². The molecular weight excluding hydrogens is 310 g/mol. The molecule has 0 radical (unpaired) electrons. The molecule has 2 unspecified atom stereocenters. The van der Waals surface area contributed by atoms with Gasteiger partial charge in [-0.05, 0) is 13.3 Å². The van der Waals surface area contributed by atoms with E-state index < -0.39 is 33.7 Å². The molecule has 0 spiro atoms. The van der Waals surface area contributed by atoms with Gasteiger partial charge in [0.15, 0.2) is 9.76 Å². The molecule has 0 bridgehead atoms. The molecule has 2 atom stereocenters. The molecule has 22 heavy (non-hydrogen) atoms. The number of carbonyl (C=O) groups is 2. The van der Waals surface area contributed by atoms with Crippen molar-refractivity contribution in [3.63, 3.8) is 0 Å². The fourth-order valence-electron chi connectivity index (χ4n) is 1.45. The van der Waals surface area contributed by atoms with Gasteiger partial charge in [0.25, 0.3) is 5.97 Å². The Balaban J connectivity index is 4.36. The lowest BCUT2D eigenvalue weighted by atomic mass is 10.2. The van der Waals surface area contributed by atoms with E-state index in [0.717, 1.165) is 0 Å². The van der Waals surface area contributed by atoms with E-state index in [2.05, 4.69) is 5.32 Å². The number of esters is 1. The van der Waals surface area contributed by atoms with Crippen molar-refractivity contribution in [2.24, 2.45) is 0 Å². The molecule has 0 aromatic heterocycles. The second-order valence-corrected chi connectivity index (χ2v) is 6.08. The zero-order valence-electron chi connectivity index (χ0n) is 13.9. The number of aliphatic carboxylic acids is 1. The molecule has 0 aliphatic rings. The fraction of sp³-hybridized carbons (Fsp3) is 0.846. The minimum atomic E-state index is -1.12. The van der Waals surface area contributed by atoms with Gasteiger partial charge in [-0.3, -0.25) is 9.59 Å². The molecule has 0 aliphatic heterocycles. The van der Waals surface area contributed by atoms with E-state index in [1.165, 1.54) is 14.2 Å². The lowest BCUT2D eigenvalue weighted by Gasteiger charge is -2.27. The summed E-state index contributed by atoms with van der Waals surface area (Å²) in [6, 6.07) is -0.890. The van der Waals surface area contributed by atoms with Crippen LogP contribution in [-0.4, -0.2) is 65.3 Å². The summed E-state index contributed by atoms with van der Waals surface area (Å²) in [6.45, 7) is 5.27. The molecule has 9 heteroatoms. The van der Waals surface area contributed by atoms with Crippen molar-refractivity contribution in [1.29, 1.82) is 0 Å². The first-order valence-electron chi connectivity index (χ1n) is 7.17. The second kappa shape index (κ2) is 10.7. The van der Waals surface area contributed by atoms with Crippen molar-refractivity contribution in [2.45, 2.75) is 51.7 Å². The van der Waals surface area contributed by atoms with Crippen molar-refractivity contribution in [3.8, 4) is 0 Å². The maximum Gasteiger partial charge on any atom is 0.323 e. The Bertz CT molecular complexity index is 349. The molecule has 0 aliphatic carbocycles. The van der Waals surface area contributed by atoms with Crippen molar-refractivity contribution >= 4 is 21.7 Å². The Morgan fingerprint density at radius 1 is 1.32 bits per heavy atom. The Morgan fingerprint density at radius 3 is 2.36 bits per heavy atom. The number of nitrogens with one attached hydrogen (secondary N) is 1. The summed E-state index contributed by atoms with van der Waals surface area (Å²) < 4.78 is 20.8. The average molecular weight is 337 g/mol. The Kier molecular flexibility index (Phi) is 10.2. The number of hydrogen-bond donors (Lipinski definition) is 2. The highest BCUT2D eigenvalue weighted by Crippen LogP contribution is 2.10. The van der Waals surface area contributed by atoms with Crippen LogP contribution in [0.4, 0.5) is 0 Å². The van der Waals surface area contributed by atoms with E-state index in [0.29, 0.717) is 12.6 Å². The summed E-state index contributed by atoms with van der Waals surface area (Å²) in [7, 11) is 1.80. The predicted molar refractivity (Wildman–Crippen MR) is 81.9 cm³/mol. The first-order valence-corrected chi connectivity index (χ1v) is 8.75.